The molecule has 0 atom stereocenters. The predicted molar refractivity (Wildman–Crippen MR) is 87.5 cm³/mol. The Bertz CT molecular complexity index is 925. The fraction of sp³-hybridized carbons (Fsp3) is 0.389. The van der Waals surface area contributed by atoms with Gasteiger partial charge in [-0.2, -0.15) is 4.98 Å². The standard InChI is InChI=1S/C18H18FN3O3/c1-2-14-20-17(22-25-14)18(6-3-4-7-18)21-16(23)13-10-12(19)9-11-5-8-24-15(11)13/h5,8-10H,2-4,6-7H2,1H3,(H,21,23). The van der Waals surface area contributed by atoms with Crippen molar-refractivity contribution < 1.29 is 18.1 Å². The number of nitrogens with zero attached hydrogens (tertiary/aromatic N) is 2. The van der Waals surface area contributed by atoms with Crippen LogP contribution in [0.4, 0.5) is 4.39 Å². The third kappa shape index (κ3) is 2.69. The zero-order valence-electron chi connectivity index (χ0n) is 13.8. The summed E-state index contributed by atoms with van der Waals surface area (Å²) in [5.41, 5.74) is -0.140. The highest BCUT2D eigenvalue weighted by Gasteiger charge is 2.41. The number of benzene rings is 1. The lowest BCUT2D eigenvalue weighted by atomic mass is 9.95. The number of carbonyl (C=O) groups excluding carboxylic acids is 1. The molecule has 7 heteroatoms. The second kappa shape index (κ2) is 5.98. The Morgan fingerprint density at radius 3 is 2.88 bits per heavy atom. The van der Waals surface area contributed by atoms with Crippen molar-refractivity contribution >= 4 is 16.9 Å². The van der Waals surface area contributed by atoms with Crippen LogP contribution >= 0.6 is 0 Å². The van der Waals surface area contributed by atoms with Gasteiger partial charge in [0.2, 0.25) is 5.89 Å². The maximum Gasteiger partial charge on any atom is 0.256 e. The number of amides is 1. The van der Waals surface area contributed by atoms with Gasteiger partial charge in [-0.3, -0.25) is 4.79 Å². The SMILES string of the molecule is CCc1nc(C2(NC(=O)c3cc(F)cc4ccoc34)CCCC2)no1. The molecule has 3 aromatic rings. The summed E-state index contributed by atoms with van der Waals surface area (Å²) < 4.78 is 24.5. The first kappa shape index (κ1) is 15.8. The van der Waals surface area contributed by atoms with Gasteiger partial charge in [-0.1, -0.05) is 24.9 Å². The Balaban J connectivity index is 1.70. The maximum atomic E-state index is 13.9. The molecule has 0 saturated heterocycles. The van der Waals surface area contributed by atoms with Crippen molar-refractivity contribution in [1.82, 2.24) is 15.5 Å². The first-order chi connectivity index (χ1) is 12.1. The number of aryl methyl sites for hydroxylation is 1. The van der Waals surface area contributed by atoms with Gasteiger partial charge in [0.25, 0.3) is 5.91 Å². The highest BCUT2D eigenvalue weighted by Crippen LogP contribution is 2.38. The van der Waals surface area contributed by atoms with Gasteiger partial charge in [-0.05, 0) is 31.0 Å². The van der Waals surface area contributed by atoms with Crippen LogP contribution in [-0.2, 0) is 12.0 Å². The summed E-state index contributed by atoms with van der Waals surface area (Å²) in [6.45, 7) is 1.93. The van der Waals surface area contributed by atoms with Gasteiger partial charge in [0.15, 0.2) is 5.82 Å². The van der Waals surface area contributed by atoms with E-state index in [1.54, 1.807) is 6.07 Å². The molecule has 130 valence electrons. The fourth-order valence-corrected chi connectivity index (χ4v) is 3.47. The van der Waals surface area contributed by atoms with Crippen molar-refractivity contribution in [2.75, 3.05) is 0 Å². The van der Waals surface area contributed by atoms with E-state index in [4.69, 9.17) is 8.94 Å². The second-order valence-corrected chi connectivity index (χ2v) is 6.40. The molecule has 25 heavy (non-hydrogen) atoms. The Hall–Kier alpha value is -2.70. The number of rotatable bonds is 4. The van der Waals surface area contributed by atoms with Crippen molar-refractivity contribution in [2.24, 2.45) is 0 Å². The molecule has 0 spiro atoms. The van der Waals surface area contributed by atoms with Crippen LogP contribution in [0.5, 0.6) is 0 Å². The zero-order chi connectivity index (χ0) is 17.4. The third-order valence-corrected chi connectivity index (χ3v) is 4.77. The van der Waals surface area contributed by atoms with Crippen LogP contribution in [0, 0.1) is 5.82 Å². The molecular weight excluding hydrogens is 325 g/mol. The van der Waals surface area contributed by atoms with Crippen LogP contribution in [0.15, 0.2) is 33.4 Å². The fourth-order valence-electron chi connectivity index (χ4n) is 3.47. The summed E-state index contributed by atoms with van der Waals surface area (Å²) in [5, 5.41) is 7.63. The highest BCUT2D eigenvalue weighted by molar-refractivity contribution is 6.05. The van der Waals surface area contributed by atoms with Crippen molar-refractivity contribution in [3.05, 3.63) is 47.6 Å². The van der Waals surface area contributed by atoms with Crippen LogP contribution in [-0.4, -0.2) is 16.0 Å². The van der Waals surface area contributed by atoms with Gasteiger partial charge in [-0.25, -0.2) is 4.39 Å². The molecule has 2 aromatic heterocycles. The predicted octanol–water partition coefficient (Wildman–Crippen LogP) is 3.72. The van der Waals surface area contributed by atoms with Gasteiger partial charge in [0, 0.05) is 11.8 Å². The quantitative estimate of drug-likeness (QED) is 0.781. The van der Waals surface area contributed by atoms with E-state index in [1.165, 1.54) is 18.4 Å². The van der Waals surface area contributed by atoms with Crippen molar-refractivity contribution in [3.8, 4) is 0 Å². The van der Waals surface area contributed by atoms with Crippen molar-refractivity contribution in [1.29, 1.82) is 0 Å². The number of fused-ring (bicyclic) bond motifs is 1. The number of hydrogen-bond donors (Lipinski definition) is 1. The van der Waals surface area contributed by atoms with E-state index >= 15 is 0 Å². The van der Waals surface area contributed by atoms with E-state index in [-0.39, 0.29) is 5.56 Å². The number of nitrogens with one attached hydrogen (secondary N) is 1. The lowest BCUT2D eigenvalue weighted by Crippen LogP contribution is -2.44. The lowest BCUT2D eigenvalue weighted by molar-refractivity contribution is 0.0892. The monoisotopic (exact) mass is 343 g/mol. The van der Waals surface area contributed by atoms with E-state index in [9.17, 15) is 9.18 Å². The van der Waals surface area contributed by atoms with Gasteiger partial charge in [0.05, 0.1) is 11.8 Å². The van der Waals surface area contributed by atoms with E-state index in [1.807, 2.05) is 6.92 Å². The molecule has 2 heterocycles. The zero-order valence-corrected chi connectivity index (χ0v) is 13.8. The largest absolute Gasteiger partial charge is 0.464 e. The molecule has 6 nitrogen and oxygen atoms in total. The van der Waals surface area contributed by atoms with E-state index in [0.29, 0.717) is 29.1 Å². The molecule has 1 saturated carbocycles. The lowest BCUT2D eigenvalue weighted by Gasteiger charge is -2.26. The number of aromatic nitrogens is 2. The van der Waals surface area contributed by atoms with Gasteiger partial charge < -0.3 is 14.3 Å². The van der Waals surface area contributed by atoms with Crippen LogP contribution in [0.2, 0.25) is 0 Å². The number of hydrogen-bond acceptors (Lipinski definition) is 5. The van der Waals surface area contributed by atoms with Gasteiger partial charge in [0.1, 0.15) is 16.9 Å². The average molecular weight is 343 g/mol. The summed E-state index contributed by atoms with van der Waals surface area (Å²) >= 11 is 0. The molecule has 1 fully saturated rings. The minimum Gasteiger partial charge on any atom is -0.464 e. The molecule has 0 aliphatic heterocycles. The summed E-state index contributed by atoms with van der Waals surface area (Å²) in [7, 11) is 0. The topological polar surface area (TPSA) is 81.2 Å². The number of furan rings is 1. The minimum atomic E-state index is -0.681. The molecule has 1 amide bonds. The van der Waals surface area contributed by atoms with E-state index in [2.05, 4.69) is 15.5 Å². The highest BCUT2D eigenvalue weighted by atomic mass is 19.1. The summed E-state index contributed by atoms with van der Waals surface area (Å²) in [4.78, 5) is 17.3. The summed E-state index contributed by atoms with van der Waals surface area (Å²) in [6, 6.07) is 4.17. The molecule has 4 rings (SSSR count). The summed E-state index contributed by atoms with van der Waals surface area (Å²) in [5.74, 6) is 0.147. The first-order valence-corrected chi connectivity index (χ1v) is 8.43. The molecule has 1 aliphatic rings. The minimum absolute atomic E-state index is 0.172. The smallest absolute Gasteiger partial charge is 0.256 e. The average Bonchev–Trinajstić information content (AvgIpc) is 3.34. The molecule has 0 unspecified atom stereocenters. The van der Waals surface area contributed by atoms with Crippen LogP contribution in [0.1, 0.15) is 54.7 Å². The number of carbonyl (C=O) groups is 1. The Morgan fingerprint density at radius 2 is 2.16 bits per heavy atom. The van der Waals surface area contributed by atoms with Gasteiger partial charge >= 0.3 is 0 Å². The molecule has 0 radical (unpaired) electrons. The van der Waals surface area contributed by atoms with E-state index < -0.39 is 17.3 Å². The Kier molecular flexibility index (Phi) is 3.78. The van der Waals surface area contributed by atoms with Gasteiger partial charge in [-0.15, -0.1) is 0 Å². The van der Waals surface area contributed by atoms with E-state index in [0.717, 1.165) is 25.7 Å². The molecule has 1 N–H and O–H groups in total. The number of halogens is 1. The normalized spacial score (nSPS) is 16.4. The Morgan fingerprint density at radius 1 is 1.36 bits per heavy atom. The van der Waals surface area contributed by atoms with Crippen molar-refractivity contribution in [2.45, 2.75) is 44.6 Å². The van der Waals surface area contributed by atoms with Crippen LogP contribution < -0.4 is 5.32 Å². The maximum absolute atomic E-state index is 13.9. The molecular formula is C18H18FN3O3. The van der Waals surface area contributed by atoms with Crippen LogP contribution in [0.3, 0.4) is 0 Å². The molecule has 0 bridgehead atoms. The summed E-state index contributed by atoms with van der Waals surface area (Å²) in [6.07, 6.45) is 5.42. The second-order valence-electron chi connectivity index (χ2n) is 6.40. The third-order valence-electron chi connectivity index (χ3n) is 4.77. The first-order valence-electron chi connectivity index (χ1n) is 8.43. The van der Waals surface area contributed by atoms with Crippen molar-refractivity contribution in [3.63, 3.8) is 0 Å². The van der Waals surface area contributed by atoms with Crippen LogP contribution in [0.25, 0.3) is 11.0 Å². The molecule has 1 aliphatic carbocycles. The Labute approximate surface area is 143 Å². The molecule has 1 aromatic carbocycles.